The van der Waals surface area contributed by atoms with Crippen LogP contribution in [-0.2, 0) is 28.6 Å². The summed E-state index contributed by atoms with van der Waals surface area (Å²) in [7, 11) is 0. The van der Waals surface area contributed by atoms with Gasteiger partial charge in [-0.25, -0.2) is 0 Å². The summed E-state index contributed by atoms with van der Waals surface area (Å²) in [6, 6.07) is 0. The average molecular weight is 1130 g/mol. The van der Waals surface area contributed by atoms with Crippen LogP contribution in [0.4, 0.5) is 0 Å². The number of esters is 3. The van der Waals surface area contributed by atoms with Crippen LogP contribution in [0.3, 0.4) is 0 Å². The molecule has 81 heavy (non-hydrogen) atoms. The third-order valence-electron chi connectivity index (χ3n) is 15.7. The standard InChI is InChI=1S/C75H134O6/c1-4-7-10-13-16-19-22-25-27-28-29-30-31-32-33-34-35-36-37-38-39-40-41-42-43-44-45-46-48-50-53-56-59-62-65-68-74(77)80-71-72(70-79-73(76)67-64-61-58-55-52-49-24-21-18-15-12-9-6-3)81-75(78)69-66-63-60-57-54-51-47-26-23-20-17-14-11-8-5-2/h7,10,16-17,19-20,25-27,29-30,47,72H,4-6,8-9,11-15,18,21-24,28,31-46,48-71H2,1-3H3/b10-7-,19-16-,20-17-,27-25-,30-29-,47-26-. The first kappa shape index (κ1) is 77.9. The van der Waals surface area contributed by atoms with Gasteiger partial charge in [-0.3, -0.25) is 14.4 Å². The molecule has 0 N–H and O–H groups in total. The topological polar surface area (TPSA) is 78.9 Å². The van der Waals surface area contributed by atoms with E-state index >= 15 is 0 Å². The summed E-state index contributed by atoms with van der Waals surface area (Å²) in [4.78, 5) is 38.3. The van der Waals surface area contributed by atoms with Crippen molar-refractivity contribution in [3.8, 4) is 0 Å². The highest BCUT2D eigenvalue weighted by atomic mass is 16.6. The van der Waals surface area contributed by atoms with Crippen LogP contribution in [0.1, 0.15) is 367 Å². The lowest BCUT2D eigenvalue weighted by atomic mass is 10.0. The predicted molar refractivity (Wildman–Crippen MR) is 353 cm³/mol. The van der Waals surface area contributed by atoms with E-state index in [1.807, 2.05) is 0 Å². The Hall–Kier alpha value is -3.15. The van der Waals surface area contributed by atoms with E-state index in [1.165, 1.54) is 218 Å². The molecule has 470 valence electrons. The zero-order valence-corrected chi connectivity index (χ0v) is 54.1. The molecule has 0 saturated heterocycles. The predicted octanol–water partition coefficient (Wildman–Crippen LogP) is 24.4. The van der Waals surface area contributed by atoms with Crippen molar-refractivity contribution in [2.45, 2.75) is 374 Å². The molecule has 0 aromatic heterocycles. The van der Waals surface area contributed by atoms with Crippen LogP contribution in [0, 0.1) is 0 Å². The van der Waals surface area contributed by atoms with Crippen LogP contribution in [0.15, 0.2) is 72.9 Å². The van der Waals surface area contributed by atoms with Crippen molar-refractivity contribution in [2.75, 3.05) is 13.2 Å². The normalized spacial score (nSPS) is 12.5. The van der Waals surface area contributed by atoms with Gasteiger partial charge >= 0.3 is 17.9 Å². The molecule has 0 spiro atoms. The van der Waals surface area contributed by atoms with Crippen LogP contribution in [0.2, 0.25) is 0 Å². The molecule has 0 saturated carbocycles. The van der Waals surface area contributed by atoms with E-state index in [9.17, 15) is 14.4 Å². The number of rotatable bonds is 65. The van der Waals surface area contributed by atoms with Crippen molar-refractivity contribution >= 4 is 17.9 Å². The molecule has 0 fully saturated rings. The molecule has 1 atom stereocenters. The Balaban J connectivity index is 4.08. The zero-order chi connectivity index (χ0) is 58.5. The molecule has 0 aromatic rings. The quantitative estimate of drug-likeness (QED) is 0.0261. The third kappa shape index (κ3) is 67.5. The Bertz CT molecular complexity index is 1490. The van der Waals surface area contributed by atoms with Gasteiger partial charge in [0, 0.05) is 19.3 Å². The monoisotopic (exact) mass is 1130 g/mol. The summed E-state index contributed by atoms with van der Waals surface area (Å²) >= 11 is 0. The Morgan fingerprint density at radius 2 is 0.481 bits per heavy atom. The first-order valence-electron chi connectivity index (χ1n) is 35.4. The number of allylic oxidation sites excluding steroid dienone is 12. The fourth-order valence-electron chi connectivity index (χ4n) is 10.4. The van der Waals surface area contributed by atoms with Crippen molar-refractivity contribution in [3.05, 3.63) is 72.9 Å². The highest BCUT2D eigenvalue weighted by molar-refractivity contribution is 5.71. The van der Waals surface area contributed by atoms with Crippen molar-refractivity contribution < 1.29 is 28.6 Å². The minimum Gasteiger partial charge on any atom is -0.462 e. The van der Waals surface area contributed by atoms with Gasteiger partial charge in [0.15, 0.2) is 6.10 Å². The molecule has 0 radical (unpaired) electrons. The maximum Gasteiger partial charge on any atom is 0.306 e. The van der Waals surface area contributed by atoms with Gasteiger partial charge in [-0.05, 0) is 89.9 Å². The number of carbonyl (C=O) groups is 3. The molecule has 0 aliphatic carbocycles. The molecular weight excluding hydrogens is 997 g/mol. The van der Waals surface area contributed by atoms with Gasteiger partial charge in [0.2, 0.25) is 0 Å². The highest BCUT2D eigenvalue weighted by Gasteiger charge is 2.19. The van der Waals surface area contributed by atoms with E-state index in [-0.39, 0.29) is 31.1 Å². The largest absolute Gasteiger partial charge is 0.462 e. The summed E-state index contributed by atoms with van der Waals surface area (Å²) in [6.45, 7) is 6.54. The number of hydrogen-bond acceptors (Lipinski definition) is 6. The van der Waals surface area contributed by atoms with Crippen molar-refractivity contribution in [3.63, 3.8) is 0 Å². The maximum absolute atomic E-state index is 12.9. The smallest absolute Gasteiger partial charge is 0.306 e. The van der Waals surface area contributed by atoms with E-state index < -0.39 is 6.10 Å². The Morgan fingerprint density at radius 1 is 0.259 bits per heavy atom. The molecule has 1 unspecified atom stereocenters. The van der Waals surface area contributed by atoms with Crippen molar-refractivity contribution in [2.24, 2.45) is 0 Å². The highest BCUT2D eigenvalue weighted by Crippen LogP contribution is 2.18. The summed E-state index contributed by atoms with van der Waals surface area (Å²) in [5.74, 6) is -0.866. The van der Waals surface area contributed by atoms with Gasteiger partial charge in [-0.15, -0.1) is 0 Å². The number of ether oxygens (including phenoxy) is 3. The zero-order valence-electron chi connectivity index (χ0n) is 54.1. The summed E-state index contributed by atoms with van der Waals surface area (Å²) in [5, 5.41) is 0. The number of hydrogen-bond donors (Lipinski definition) is 0. The second-order valence-electron chi connectivity index (χ2n) is 23.8. The first-order chi connectivity index (χ1) is 40.0. The summed E-state index contributed by atoms with van der Waals surface area (Å²) < 4.78 is 16.9. The van der Waals surface area contributed by atoms with Crippen molar-refractivity contribution in [1.29, 1.82) is 0 Å². The molecule has 0 rings (SSSR count). The molecule has 0 aliphatic heterocycles. The van der Waals surface area contributed by atoms with Gasteiger partial charge in [-0.2, -0.15) is 0 Å². The molecule has 0 amide bonds. The third-order valence-corrected chi connectivity index (χ3v) is 15.7. The second kappa shape index (κ2) is 69.3. The second-order valence-corrected chi connectivity index (χ2v) is 23.8. The summed E-state index contributed by atoms with van der Waals surface area (Å²) in [5.41, 5.74) is 0. The SMILES string of the molecule is CC/C=C\C/C=C\C/C=C\C/C=C\CCCCCCCCCCCCCCCCCCCCCCCCC(=O)OCC(COC(=O)CCCCCCCCCCCCCCC)OC(=O)CCCCCCC/C=C\C/C=C\CCCCC. The lowest BCUT2D eigenvalue weighted by Gasteiger charge is -2.18. The van der Waals surface area contributed by atoms with E-state index in [1.54, 1.807) is 0 Å². The molecule has 0 bridgehead atoms. The molecule has 6 nitrogen and oxygen atoms in total. The fraction of sp³-hybridized carbons (Fsp3) is 0.800. The number of unbranched alkanes of at least 4 members (excludes halogenated alkanes) is 42. The average Bonchev–Trinajstić information content (AvgIpc) is 3.46. The molecule has 6 heteroatoms. The van der Waals surface area contributed by atoms with Gasteiger partial charge in [-0.1, -0.05) is 331 Å². The minimum atomic E-state index is -0.779. The van der Waals surface area contributed by atoms with Crippen LogP contribution >= 0.6 is 0 Å². The number of carbonyl (C=O) groups excluding carboxylic acids is 3. The first-order valence-corrected chi connectivity index (χ1v) is 35.4. The van der Waals surface area contributed by atoms with Crippen LogP contribution < -0.4 is 0 Å². The van der Waals surface area contributed by atoms with E-state index in [0.29, 0.717) is 19.3 Å². The van der Waals surface area contributed by atoms with E-state index in [0.717, 1.165) is 109 Å². The Labute approximate surface area is 503 Å². The van der Waals surface area contributed by atoms with Gasteiger partial charge in [0.1, 0.15) is 13.2 Å². The molecular formula is C75H134O6. The molecule has 0 aliphatic rings. The Morgan fingerprint density at radius 3 is 0.778 bits per heavy atom. The fourth-order valence-corrected chi connectivity index (χ4v) is 10.4. The van der Waals surface area contributed by atoms with Gasteiger partial charge < -0.3 is 14.2 Å². The van der Waals surface area contributed by atoms with E-state index in [2.05, 4.69) is 93.7 Å². The van der Waals surface area contributed by atoms with Crippen LogP contribution in [0.25, 0.3) is 0 Å². The molecule has 0 aromatic carbocycles. The van der Waals surface area contributed by atoms with Gasteiger partial charge in [0.05, 0.1) is 0 Å². The van der Waals surface area contributed by atoms with Crippen LogP contribution in [0.5, 0.6) is 0 Å². The van der Waals surface area contributed by atoms with Gasteiger partial charge in [0.25, 0.3) is 0 Å². The minimum absolute atomic E-state index is 0.0746. The lowest BCUT2D eigenvalue weighted by Crippen LogP contribution is -2.30. The Kier molecular flexibility index (Phi) is 66.6. The van der Waals surface area contributed by atoms with Crippen LogP contribution in [-0.4, -0.2) is 37.2 Å². The summed E-state index contributed by atoms with van der Waals surface area (Å²) in [6.07, 6.45) is 90.9. The van der Waals surface area contributed by atoms with E-state index in [4.69, 9.17) is 14.2 Å². The van der Waals surface area contributed by atoms with Crippen molar-refractivity contribution in [1.82, 2.24) is 0 Å². The lowest BCUT2D eigenvalue weighted by molar-refractivity contribution is -0.167. The maximum atomic E-state index is 12.9. The molecule has 0 heterocycles.